The van der Waals surface area contributed by atoms with Gasteiger partial charge in [0.05, 0.1) is 0 Å². The van der Waals surface area contributed by atoms with Crippen molar-refractivity contribution in [2.75, 3.05) is 0 Å². The molecule has 0 bridgehead atoms. The fourth-order valence-corrected chi connectivity index (χ4v) is 1.99. The number of carbonyl (C=O) groups excluding carboxylic acids is 1. The highest BCUT2D eigenvalue weighted by atomic mass is 16.3. The lowest BCUT2D eigenvalue weighted by Gasteiger charge is -2.05. The minimum Gasteiger partial charge on any atom is -0.443 e. The van der Waals surface area contributed by atoms with Crippen LogP contribution in [0.3, 0.4) is 0 Å². The van der Waals surface area contributed by atoms with Crippen LogP contribution in [0, 0.1) is 6.92 Å². The molecule has 4 nitrogen and oxygen atoms in total. The Bertz CT molecular complexity index is 745. The molecule has 100 valence electrons. The van der Waals surface area contributed by atoms with Crippen LogP contribution in [0.4, 0.5) is 0 Å². The number of carbonyl (C=O) groups is 1. The molecule has 0 saturated carbocycles. The van der Waals surface area contributed by atoms with Crippen molar-refractivity contribution in [3.63, 3.8) is 0 Å². The first-order valence-corrected chi connectivity index (χ1v) is 6.39. The van der Waals surface area contributed by atoms with Crippen LogP contribution in [0.5, 0.6) is 0 Å². The van der Waals surface area contributed by atoms with Crippen molar-refractivity contribution in [2.24, 2.45) is 0 Å². The van der Waals surface area contributed by atoms with Gasteiger partial charge >= 0.3 is 0 Å². The zero-order valence-corrected chi connectivity index (χ0v) is 11.1. The summed E-state index contributed by atoms with van der Waals surface area (Å²) in [6.07, 6.45) is 1.37. The van der Waals surface area contributed by atoms with E-state index in [9.17, 15) is 4.79 Å². The number of nitrogens with one attached hydrogen (secondary N) is 1. The SMILES string of the molecule is Cc1ccc(CNC(=O)c2ccc3ocnc3c2)cc1. The molecule has 0 saturated heterocycles. The number of amides is 1. The molecule has 1 aromatic heterocycles. The summed E-state index contributed by atoms with van der Waals surface area (Å²) in [7, 11) is 0. The molecule has 20 heavy (non-hydrogen) atoms. The fourth-order valence-electron chi connectivity index (χ4n) is 1.99. The van der Waals surface area contributed by atoms with E-state index in [1.54, 1.807) is 18.2 Å². The number of fused-ring (bicyclic) bond motifs is 1. The van der Waals surface area contributed by atoms with Crippen molar-refractivity contribution < 1.29 is 9.21 Å². The molecule has 0 unspecified atom stereocenters. The van der Waals surface area contributed by atoms with Gasteiger partial charge in [-0.15, -0.1) is 0 Å². The van der Waals surface area contributed by atoms with Gasteiger partial charge in [0, 0.05) is 12.1 Å². The Hall–Kier alpha value is -2.62. The lowest BCUT2D eigenvalue weighted by atomic mass is 10.1. The molecule has 3 aromatic rings. The smallest absolute Gasteiger partial charge is 0.251 e. The third kappa shape index (κ3) is 2.54. The largest absolute Gasteiger partial charge is 0.443 e. The van der Waals surface area contributed by atoms with Crippen LogP contribution in [0.15, 0.2) is 53.3 Å². The highest BCUT2D eigenvalue weighted by Gasteiger charge is 2.07. The second kappa shape index (κ2) is 5.17. The van der Waals surface area contributed by atoms with Gasteiger partial charge in [0.2, 0.25) is 0 Å². The Balaban J connectivity index is 1.70. The van der Waals surface area contributed by atoms with E-state index < -0.39 is 0 Å². The van der Waals surface area contributed by atoms with E-state index in [2.05, 4.69) is 10.3 Å². The average molecular weight is 266 g/mol. The molecule has 2 aromatic carbocycles. The number of rotatable bonds is 3. The summed E-state index contributed by atoms with van der Waals surface area (Å²) in [5.41, 5.74) is 4.23. The fraction of sp³-hybridized carbons (Fsp3) is 0.125. The molecule has 4 heteroatoms. The Morgan fingerprint density at radius 3 is 2.80 bits per heavy atom. The van der Waals surface area contributed by atoms with Gasteiger partial charge in [-0.1, -0.05) is 29.8 Å². The van der Waals surface area contributed by atoms with Crippen molar-refractivity contribution >= 4 is 17.0 Å². The molecular weight excluding hydrogens is 252 g/mol. The topological polar surface area (TPSA) is 55.1 Å². The Kier molecular flexibility index (Phi) is 3.21. The van der Waals surface area contributed by atoms with Crippen molar-refractivity contribution in [3.8, 4) is 0 Å². The standard InChI is InChI=1S/C16H14N2O2/c1-11-2-4-12(5-3-11)9-17-16(19)13-6-7-15-14(8-13)18-10-20-15/h2-8,10H,9H2,1H3,(H,17,19). The summed E-state index contributed by atoms with van der Waals surface area (Å²) in [4.78, 5) is 16.1. The summed E-state index contributed by atoms with van der Waals surface area (Å²) < 4.78 is 5.15. The molecular formula is C16H14N2O2. The third-order valence-electron chi connectivity index (χ3n) is 3.17. The van der Waals surface area contributed by atoms with Gasteiger partial charge in [0.15, 0.2) is 12.0 Å². The first-order chi connectivity index (χ1) is 9.72. The van der Waals surface area contributed by atoms with Gasteiger partial charge in [0.1, 0.15) is 5.52 Å². The second-order valence-corrected chi connectivity index (χ2v) is 4.70. The molecule has 1 N–H and O–H groups in total. The molecule has 0 atom stereocenters. The average Bonchev–Trinajstić information content (AvgIpc) is 2.93. The Labute approximate surface area is 116 Å². The van der Waals surface area contributed by atoms with Gasteiger partial charge in [-0.05, 0) is 30.7 Å². The van der Waals surface area contributed by atoms with Crippen LogP contribution < -0.4 is 5.32 Å². The van der Waals surface area contributed by atoms with E-state index in [1.807, 2.05) is 31.2 Å². The summed E-state index contributed by atoms with van der Waals surface area (Å²) in [6, 6.07) is 13.3. The molecule has 1 amide bonds. The normalized spacial score (nSPS) is 10.7. The molecule has 0 spiro atoms. The van der Waals surface area contributed by atoms with Crippen LogP contribution >= 0.6 is 0 Å². The first kappa shape index (κ1) is 12.4. The predicted molar refractivity (Wildman–Crippen MR) is 76.4 cm³/mol. The molecule has 1 heterocycles. The molecule has 0 fully saturated rings. The van der Waals surface area contributed by atoms with Crippen LogP contribution in [-0.4, -0.2) is 10.9 Å². The number of oxazole rings is 1. The summed E-state index contributed by atoms with van der Waals surface area (Å²) in [6.45, 7) is 2.55. The van der Waals surface area contributed by atoms with Gasteiger partial charge in [0.25, 0.3) is 5.91 Å². The zero-order valence-electron chi connectivity index (χ0n) is 11.1. The van der Waals surface area contributed by atoms with Crippen molar-refractivity contribution in [3.05, 3.63) is 65.5 Å². The Morgan fingerprint density at radius 2 is 2.00 bits per heavy atom. The van der Waals surface area contributed by atoms with E-state index in [0.717, 1.165) is 5.56 Å². The zero-order chi connectivity index (χ0) is 13.9. The minimum absolute atomic E-state index is 0.115. The van der Waals surface area contributed by atoms with Gasteiger partial charge in [-0.2, -0.15) is 0 Å². The van der Waals surface area contributed by atoms with E-state index in [1.165, 1.54) is 12.0 Å². The first-order valence-electron chi connectivity index (χ1n) is 6.39. The molecule has 0 aliphatic rings. The van der Waals surface area contributed by atoms with Crippen molar-refractivity contribution in [1.82, 2.24) is 10.3 Å². The predicted octanol–water partition coefficient (Wildman–Crippen LogP) is 3.07. The number of benzene rings is 2. The number of aromatic nitrogens is 1. The molecule has 3 rings (SSSR count). The molecule has 0 radical (unpaired) electrons. The number of hydrogen-bond acceptors (Lipinski definition) is 3. The lowest BCUT2D eigenvalue weighted by molar-refractivity contribution is 0.0951. The monoisotopic (exact) mass is 266 g/mol. The Morgan fingerprint density at radius 1 is 1.20 bits per heavy atom. The van der Waals surface area contributed by atoms with Crippen LogP contribution in [-0.2, 0) is 6.54 Å². The van der Waals surface area contributed by atoms with E-state index in [-0.39, 0.29) is 5.91 Å². The molecule has 0 aliphatic heterocycles. The summed E-state index contributed by atoms with van der Waals surface area (Å²) in [5.74, 6) is -0.115. The van der Waals surface area contributed by atoms with Gasteiger partial charge < -0.3 is 9.73 Å². The van der Waals surface area contributed by atoms with Crippen molar-refractivity contribution in [1.29, 1.82) is 0 Å². The van der Waals surface area contributed by atoms with Crippen LogP contribution in [0.2, 0.25) is 0 Å². The van der Waals surface area contributed by atoms with Crippen LogP contribution in [0.25, 0.3) is 11.1 Å². The highest BCUT2D eigenvalue weighted by molar-refractivity contribution is 5.96. The number of nitrogens with zero attached hydrogens (tertiary/aromatic N) is 1. The van der Waals surface area contributed by atoms with Gasteiger partial charge in [-0.3, -0.25) is 4.79 Å². The lowest BCUT2D eigenvalue weighted by Crippen LogP contribution is -2.22. The highest BCUT2D eigenvalue weighted by Crippen LogP contribution is 2.14. The maximum atomic E-state index is 12.1. The maximum Gasteiger partial charge on any atom is 0.251 e. The number of aryl methyl sites for hydroxylation is 1. The minimum atomic E-state index is -0.115. The van der Waals surface area contributed by atoms with E-state index in [0.29, 0.717) is 23.2 Å². The summed E-state index contributed by atoms with van der Waals surface area (Å²) >= 11 is 0. The summed E-state index contributed by atoms with van der Waals surface area (Å²) in [5, 5.41) is 2.89. The van der Waals surface area contributed by atoms with Gasteiger partial charge in [-0.25, -0.2) is 4.98 Å². The number of hydrogen-bond donors (Lipinski definition) is 1. The van der Waals surface area contributed by atoms with E-state index in [4.69, 9.17) is 4.42 Å². The van der Waals surface area contributed by atoms with E-state index >= 15 is 0 Å². The third-order valence-corrected chi connectivity index (χ3v) is 3.17. The maximum absolute atomic E-state index is 12.1. The molecule has 0 aliphatic carbocycles. The second-order valence-electron chi connectivity index (χ2n) is 4.70. The quantitative estimate of drug-likeness (QED) is 0.792. The van der Waals surface area contributed by atoms with Crippen molar-refractivity contribution in [2.45, 2.75) is 13.5 Å². The van der Waals surface area contributed by atoms with Crippen LogP contribution in [0.1, 0.15) is 21.5 Å².